The van der Waals surface area contributed by atoms with Gasteiger partial charge in [-0.05, 0) is 25.0 Å². The predicted molar refractivity (Wildman–Crippen MR) is 61.5 cm³/mol. The molecule has 1 aromatic rings. The second kappa shape index (κ2) is 6.21. The zero-order valence-electron chi connectivity index (χ0n) is 8.90. The highest BCUT2D eigenvalue weighted by Gasteiger charge is 2.00. The van der Waals surface area contributed by atoms with Gasteiger partial charge in [-0.2, -0.15) is 0 Å². The van der Waals surface area contributed by atoms with E-state index in [9.17, 15) is 5.11 Å². The summed E-state index contributed by atoms with van der Waals surface area (Å²) in [6.07, 6.45) is 1.26. The Bertz CT molecular complexity index is 293. The summed E-state index contributed by atoms with van der Waals surface area (Å²) in [4.78, 5) is 4.19. The number of pyridine rings is 1. The zero-order valence-corrected chi connectivity index (χ0v) is 8.90. The summed E-state index contributed by atoms with van der Waals surface area (Å²) in [5.74, 6) is 6.62. The van der Waals surface area contributed by atoms with Gasteiger partial charge in [0.15, 0.2) is 0 Å². The highest BCUT2D eigenvalue weighted by molar-refractivity contribution is 5.44. The van der Waals surface area contributed by atoms with Gasteiger partial charge in [0, 0.05) is 6.54 Å². The van der Waals surface area contributed by atoms with Gasteiger partial charge >= 0.3 is 0 Å². The first-order valence-electron chi connectivity index (χ1n) is 5.12. The monoisotopic (exact) mass is 210 g/mol. The third-order valence-electron chi connectivity index (χ3n) is 2.15. The second-order valence-electron chi connectivity index (χ2n) is 3.33. The maximum Gasteiger partial charge on any atom is 0.142 e. The molecule has 1 aromatic heterocycles. The van der Waals surface area contributed by atoms with Crippen LogP contribution in [0.4, 0.5) is 11.6 Å². The molecule has 5 N–H and O–H groups in total. The van der Waals surface area contributed by atoms with Gasteiger partial charge in [0.1, 0.15) is 11.6 Å². The van der Waals surface area contributed by atoms with Crippen molar-refractivity contribution in [2.75, 3.05) is 17.3 Å². The molecule has 15 heavy (non-hydrogen) atoms. The van der Waals surface area contributed by atoms with Gasteiger partial charge in [0.05, 0.1) is 6.10 Å². The normalized spacial score (nSPS) is 12.2. The minimum Gasteiger partial charge on any atom is -0.393 e. The van der Waals surface area contributed by atoms with Gasteiger partial charge < -0.3 is 15.8 Å². The molecule has 0 aromatic carbocycles. The number of hydrogen-bond donors (Lipinski definition) is 4. The summed E-state index contributed by atoms with van der Waals surface area (Å²) >= 11 is 0. The standard InChI is InChI=1S/C10H18N4O/c1-2-8(15)6-7-12-9-4-3-5-10(13-9)14-11/h3-5,8,15H,2,6-7,11H2,1H3,(H2,12,13,14). The quantitative estimate of drug-likeness (QED) is 0.415. The number of rotatable bonds is 6. The van der Waals surface area contributed by atoms with Crippen molar-refractivity contribution in [1.29, 1.82) is 0 Å². The van der Waals surface area contributed by atoms with E-state index in [0.29, 0.717) is 12.4 Å². The summed E-state index contributed by atoms with van der Waals surface area (Å²) in [6, 6.07) is 5.51. The molecule has 1 rings (SSSR count). The van der Waals surface area contributed by atoms with E-state index >= 15 is 0 Å². The molecule has 1 unspecified atom stereocenters. The van der Waals surface area contributed by atoms with Gasteiger partial charge in [-0.15, -0.1) is 0 Å². The molecule has 0 amide bonds. The highest BCUT2D eigenvalue weighted by atomic mass is 16.3. The van der Waals surface area contributed by atoms with E-state index in [1.165, 1.54) is 0 Å². The number of hydrazine groups is 1. The molecule has 0 aliphatic carbocycles. The molecule has 5 nitrogen and oxygen atoms in total. The Morgan fingerprint density at radius 2 is 2.20 bits per heavy atom. The van der Waals surface area contributed by atoms with Gasteiger partial charge in [-0.3, -0.25) is 0 Å². The molecule has 0 radical (unpaired) electrons. The van der Waals surface area contributed by atoms with E-state index in [2.05, 4.69) is 15.7 Å². The van der Waals surface area contributed by atoms with Crippen molar-refractivity contribution in [3.05, 3.63) is 18.2 Å². The number of nitrogens with one attached hydrogen (secondary N) is 2. The number of nitrogen functional groups attached to an aromatic ring is 1. The van der Waals surface area contributed by atoms with Crippen LogP contribution in [0, 0.1) is 0 Å². The molecule has 0 saturated heterocycles. The molecule has 0 aliphatic rings. The Hall–Kier alpha value is -1.33. The third kappa shape index (κ3) is 4.14. The number of aromatic nitrogens is 1. The lowest BCUT2D eigenvalue weighted by molar-refractivity contribution is 0.164. The van der Waals surface area contributed by atoms with Crippen LogP contribution in [0.25, 0.3) is 0 Å². The summed E-state index contributed by atoms with van der Waals surface area (Å²) in [5.41, 5.74) is 2.48. The fourth-order valence-electron chi connectivity index (χ4n) is 1.18. The Kier molecular flexibility index (Phi) is 4.86. The average Bonchev–Trinajstić information content (AvgIpc) is 2.29. The largest absolute Gasteiger partial charge is 0.393 e. The van der Waals surface area contributed by atoms with Crippen LogP contribution < -0.4 is 16.6 Å². The van der Waals surface area contributed by atoms with E-state index in [4.69, 9.17) is 5.84 Å². The van der Waals surface area contributed by atoms with Crippen LogP contribution in [0.15, 0.2) is 18.2 Å². The molecule has 0 fully saturated rings. The topological polar surface area (TPSA) is 83.2 Å². The van der Waals surface area contributed by atoms with Crippen molar-refractivity contribution < 1.29 is 5.11 Å². The molecule has 1 heterocycles. The second-order valence-corrected chi connectivity index (χ2v) is 3.33. The summed E-state index contributed by atoms with van der Waals surface area (Å²) < 4.78 is 0. The number of nitrogens with two attached hydrogens (primary N) is 1. The molecule has 1 atom stereocenters. The van der Waals surface area contributed by atoms with Crippen molar-refractivity contribution in [3.63, 3.8) is 0 Å². The van der Waals surface area contributed by atoms with Gasteiger partial charge in [0.25, 0.3) is 0 Å². The van der Waals surface area contributed by atoms with E-state index < -0.39 is 0 Å². The minimum atomic E-state index is -0.242. The van der Waals surface area contributed by atoms with Crippen molar-refractivity contribution in [1.82, 2.24) is 4.98 Å². The Morgan fingerprint density at radius 1 is 1.47 bits per heavy atom. The minimum absolute atomic E-state index is 0.242. The van der Waals surface area contributed by atoms with Crippen molar-refractivity contribution in [2.45, 2.75) is 25.9 Å². The SMILES string of the molecule is CCC(O)CCNc1cccc(NN)n1. The first kappa shape index (κ1) is 11.7. The lowest BCUT2D eigenvalue weighted by Gasteiger charge is -2.09. The molecule has 0 bridgehead atoms. The number of hydrogen-bond acceptors (Lipinski definition) is 5. The van der Waals surface area contributed by atoms with Crippen LogP contribution in [0.5, 0.6) is 0 Å². The lowest BCUT2D eigenvalue weighted by atomic mass is 10.2. The highest BCUT2D eigenvalue weighted by Crippen LogP contribution is 2.08. The molecule has 0 aliphatic heterocycles. The van der Waals surface area contributed by atoms with Crippen LogP contribution in [-0.4, -0.2) is 22.7 Å². The summed E-state index contributed by atoms with van der Waals surface area (Å²) in [7, 11) is 0. The first-order valence-corrected chi connectivity index (χ1v) is 5.12. The van der Waals surface area contributed by atoms with Crippen LogP contribution in [0.2, 0.25) is 0 Å². The molecular weight excluding hydrogens is 192 g/mol. The Morgan fingerprint density at radius 3 is 2.87 bits per heavy atom. The van der Waals surface area contributed by atoms with E-state index in [1.54, 1.807) is 6.07 Å². The molecule has 0 spiro atoms. The van der Waals surface area contributed by atoms with Crippen LogP contribution in [-0.2, 0) is 0 Å². The fraction of sp³-hybridized carbons (Fsp3) is 0.500. The maximum absolute atomic E-state index is 9.34. The molecule has 5 heteroatoms. The molecule has 0 saturated carbocycles. The first-order chi connectivity index (χ1) is 7.26. The van der Waals surface area contributed by atoms with Crippen LogP contribution in [0.1, 0.15) is 19.8 Å². The Labute approximate surface area is 89.7 Å². The average molecular weight is 210 g/mol. The summed E-state index contributed by atoms with van der Waals surface area (Å²) in [6.45, 7) is 2.66. The van der Waals surface area contributed by atoms with E-state index in [-0.39, 0.29) is 6.10 Å². The lowest BCUT2D eigenvalue weighted by Crippen LogP contribution is -2.14. The van der Waals surface area contributed by atoms with Gasteiger partial charge in [-0.1, -0.05) is 13.0 Å². The number of aliphatic hydroxyl groups excluding tert-OH is 1. The van der Waals surface area contributed by atoms with E-state index in [1.807, 2.05) is 19.1 Å². The Balaban J connectivity index is 2.37. The number of anilines is 2. The van der Waals surface area contributed by atoms with Crippen molar-refractivity contribution in [2.24, 2.45) is 5.84 Å². The van der Waals surface area contributed by atoms with Crippen LogP contribution >= 0.6 is 0 Å². The predicted octanol–water partition coefficient (Wildman–Crippen LogP) is 0.940. The maximum atomic E-state index is 9.34. The van der Waals surface area contributed by atoms with Crippen LogP contribution in [0.3, 0.4) is 0 Å². The molecule has 84 valence electrons. The smallest absolute Gasteiger partial charge is 0.142 e. The van der Waals surface area contributed by atoms with Crippen molar-refractivity contribution >= 4 is 11.6 Å². The zero-order chi connectivity index (χ0) is 11.1. The van der Waals surface area contributed by atoms with Gasteiger partial charge in [0.2, 0.25) is 0 Å². The molecular formula is C10H18N4O. The number of aliphatic hydroxyl groups is 1. The van der Waals surface area contributed by atoms with Crippen molar-refractivity contribution in [3.8, 4) is 0 Å². The van der Waals surface area contributed by atoms with Gasteiger partial charge in [-0.25, -0.2) is 10.8 Å². The third-order valence-corrected chi connectivity index (χ3v) is 2.15. The number of nitrogens with zero attached hydrogens (tertiary/aromatic N) is 1. The van der Waals surface area contributed by atoms with E-state index in [0.717, 1.165) is 18.7 Å². The fourth-order valence-corrected chi connectivity index (χ4v) is 1.18. The summed E-state index contributed by atoms with van der Waals surface area (Å²) in [5, 5.41) is 12.5.